The molecule has 7 heteroatoms. The van der Waals surface area contributed by atoms with Crippen molar-refractivity contribution in [3.05, 3.63) is 53.8 Å². The summed E-state index contributed by atoms with van der Waals surface area (Å²) in [5.41, 5.74) is 2.57. The van der Waals surface area contributed by atoms with Crippen molar-refractivity contribution >= 4 is 55.3 Å². The molecule has 2 aromatic heterocycles. The van der Waals surface area contributed by atoms with Crippen LogP contribution in [-0.2, 0) is 5.75 Å². The van der Waals surface area contributed by atoms with E-state index in [1.807, 2.05) is 61.2 Å². The maximum atomic E-state index is 13.2. The normalized spacial score (nSPS) is 14.8. The van der Waals surface area contributed by atoms with Gasteiger partial charge >= 0.3 is 0 Å². The summed E-state index contributed by atoms with van der Waals surface area (Å²) < 4.78 is 12.6. The number of furan rings is 1. The molecular weight excluding hydrogens is 440 g/mol. The van der Waals surface area contributed by atoms with E-state index >= 15 is 0 Å². The lowest BCUT2D eigenvalue weighted by Gasteiger charge is -2.20. The summed E-state index contributed by atoms with van der Waals surface area (Å²) in [7, 11) is 0. The summed E-state index contributed by atoms with van der Waals surface area (Å²) in [4.78, 5) is 17.8. The number of nitrogens with zero attached hydrogens (tertiary/aromatic N) is 1. The average molecular weight is 467 g/mol. The fourth-order valence-electron chi connectivity index (χ4n) is 4.23. The van der Waals surface area contributed by atoms with Crippen LogP contribution in [0.4, 0.5) is 5.13 Å². The van der Waals surface area contributed by atoms with Crippen LogP contribution in [0.2, 0.25) is 0 Å². The number of fused-ring (bicyclic) bond motifs is 2. The molecule has 0 spiro atoms. The number of thioether (sulfide) groups is 1. The number of amides is 1. The molecule has 0 aliphatic heterocycles. The predicted molar refractivity (Wildman–Crippen MR) is 133 cm³/mol. The van der Waals surface area contributed by atoms with E-state index in [4.69, 9.17) is 9.15 Å². The molecule has 2 heterocycles. The fraction of sp³-hybridized carbons (Fsp3) is 0.360. The molecule has 0 bridgehead atoms. The van der Waals surface area contributed by atoms with Gasteiger partial charge in [0.05, 0.1) is 16.8 Å². The molecule has 0 saturated heterocycles. The first-order valence-electron chi connectivity index (χ1n) is 11.2. The zero-order chi connectivity index (χ0) is 21.9. The number of carbonyl (C=O) groups excluding carboxylic acids is 1. The first-order valence-corrected chi connectivity index (χ1v) is 13.0. The van der Waals surface area contributed by atoms with Crippen molar-refractivity contribution in [1.82, 2.24) is 4.98 Å². The molecule has 1 fully saturated rings. The Morgan fingerprint density at radius 3 is 2.91 bits per heavy atom. The Morgan fingerprint density at radius 1 is 1.22 bits per heavy atom. The number of anilines is 1. The highest BCUT2D eigenvalue weighted by atomic mass is 32.2. The quantitative estimate of drug-likeness (QED) is 0.310. The molecule has 1 amide bonds. The Bertz CT molecular complexity index is 1240. The van der Waals surface area contributed by atoms with Gasteiger partial charge in [0.1, 0.15) is 11.3 Å². The molecule has 5 nitrogen and oxygen atoms in total. The molecule has 1 aliphatic rings. The number of hydrogen-bond donors (Lipinski definition) is 1. The van der Waals surface area contributed by atoms with Crippen molar-refractivity contribution in [2.24, 2.45) is 0 Å². The average Bonchev–Trinajstić information content (AvgIpc) is 3.39. The van der Waals surface area contributed by atoms with Crippen LogP contribution in [0.5, 0.6) is 5.75 Å². The van der Waals surface area contributed by atoms with E-state index in [2.05, 4.69) is 10.3 Å². The second kappa shape index (κ2) is 9.55. The number of thiazole rings is 1. The number of hydrogen-bond acceptors (Lipinski definition) is 6. The lowest BCUT2D eigenvalue weighted by atomic mass is 10.0. The maximum absolute atomic E-state index is 13.2. The van der Waals surface area contributed by atoms with E-state index in [0.717, 1.165) is 38.3 Å². The molecule has 1 N–H and O–H groups in total. The highest BCUT2D eigenvalue weighted by Gasteiger charge is 2.23. The van der Waals surface area contributed by atoms with Gasteiger partial charge in [0.25, 0.3) is 5.91 Å². The van der Waals surface area contributed by atoms with Crippen LogP contribution in [0, 0.1) is 0 Å². The van der Waals surface area contributed by atoms with Gasteiger partial charge in [0, 0.05) is 22.0 Å². The minimum absolute atomic E-state index is 0.246. The lowest BCUT2D eigenvalue weighted by Crippen LogP contribution is -2.13. The zero-order valence-corrected chi connectivity index (χ0v) is 19.7. The van der Waals surface area contributed by atoms with Crippen LogP contribution in [0.3, 0.4) is 0 Å². The number of aromatic nitrogens is 1. The first kappa shape index (κ1) is 21.3. The zero-order valence-electron chi connectivity index (χ0n) is 18.1. The maximum Gasteiger partial charge on any atom is 0.293 e. The molecule has 0 atom stereocenters. The molecule has 0 radical (unpaired) electrons. The van der Waals surface area contributed by atoms with Gasteiger partial charge in [-0.1, -0.05) is 48.8 Å². The first-order chi connectivity index (χ1) is 15.7. The van der Waals surface area contributed by atoms with Crippen molar-refractivity contribution in [2.75, 3.05) is 11.9 Å². The number of benzene rings is 2. The molecule has 166 valence electrons. The fourth-order valence-corrected chi connectivity index (χ4v) is 6.47. The number of ether oxygens (including phenoxy) is 1. The monoisotopic (exact) mass is 466 g/mol. The molecule has 2 aromatic carbocycles. The minimum atomic E-state index is -0.246. The molecule has 4 aromatic rings. The van der Waals surface area contributed by atoms with Gasteiger partial charge in [0.2, 0.25) is 0 Å². The Balaban J connectivity index is 1.39. The SMILES string of the molecule is CCOc1ccc2nc(NC(=O)c3oc4ccccc4c3CSC3CCCCC3)sc2c1. The van der Waals surface area contributed by atoms with Crippen molar-refractivity contribution in [3.8, 4) is 5.75 Å². The van der Waals surface area contributed by atoms with E-state index in [-0.39, 0.29) is 5.91 Å². The number of para-hydroxylation sites is 1. The molecular formula is C25H26N2O3S2. The van der Waals surface area contributed by atoms with Gasteiger partial charge in [-0.3, -0.25) is 10.1 Å². The smallest absolute Gasteiger partial charge is 0.293 e. The van der Waals surface area contributed by atoms with Gasteiger partial charge in [-0.2, -0.15) is 11.8 Å². The van der Waals surface area contributed by atoms with Gasteiger partial charge in [-0.05, 0) is 44.0 Å². The van der Waals surface area contributed by atoms with E-state index in [9.17, 15) is 4.79 Å². The second-order valence-corrected chi connectivity index (χ2v) is 10.3. The van der Waals surface area contributed by atoms with E-state index < -0.39 is 0 Å². The molecule has 5 rings (SSSR count). The van der Waals surface area contributed by atoms with Crippen LogP contribution in [-0.4, -0.2) is 22.7 Å². The molecule has 0 unspecified atom stereocenters. The van der Waals surface area contributed by atoms with Gasteiger partial charge in [-0.15, -0.1) is 0 Å². The predicted octanol–water partition coefficient (Wildman–Crippen LogP) is 7.26. The Kier molecular flexibility index (Phi) is 6.37. The molecule has 1 saturated carbocycles. The summed E-state index contributed by atoms with van der Waals surface area (Å²) in [5, 5.41) is 5.21. The highest BCUT2D eigenvalue weighted by molar-refractivity contribution is 7.99. The van der Waals surface area contributed by atoms with Crippen molar-refractivity contribution in [2.45, 2.75) is 50.0 Å². The number of rotatable bonds is 7. The van der Waals surface area contributed by atoms with Gasteiger partial charge in [0.15, 0.2) is 10.9 Å². The van der Waals surface area contributed by atoms with Crippen molar-refractivity contribution < 1.29 is 13.9 Å². The summed E-state index contributed by atoms with van der Waals surface area (Å²) in [5.74, 6) is 1.73. The summed E-state index contributed by atoms with van der Waals surface area (Å²) >= 11 is 3.39. The van der Waals surface area contributed by atoms with Crippen molar-refractivity contribution in [3.63, 3.8) is 0 Å². The highest BCUT2D eigenvalue weighted by Crippen LogP contribution is 2.36. The summed E-state index contributed by atoms with van der Waals surface area (Å²) in [6, 6.07) is 13.7. The second-order valence-electron chi connectivity index (χ2n) is 8.01. The standard InChI is InChI=1S/C25H26N2O3S2/c1-2-29-16-12-13-20-22(14-16)32-25(26-20)27-24(28)23-19(15-31-17-8-4-3-5-9-17)18-10-6-7-11-21(18)30-23/h6-7,10-14,17H,2-5,8-9,15H2,1H3,(H,26,27,28). The summed E-state index contributed by atoms with van der Waals surface area (Å²) in [6.07, 6.45) is 6.47. The van der Waals surface area contributed by atoms with Crippen molar-refractivity contribution in [1.29, 1.82) is 0 Å². The third-order valence-corrected chi connectivity index (χ3v) is 8.14. The van der Waals surface area contributed by atoms with Crippen LogP contribution in [0.1, 0.15) is 55.1 Å². The summed E-state index contributed by atoms with van der Waals surface area (Å²) in [6.45, 7) is 2.57. The number of carbonyl (C=O) groups is 1. The van der Waals surface area contributed by atoms with Crippen LogP contribution >= 0.6 is 23.1 Å². The van der Waals surface area contributed by atoms with Gasteiger partial charge < -0.3 is 9.15 Å². The Morgan fingerprint density at radius 2 is 2.06 bits per heavy atom. The molecule has 1 aliphatic carbocycles. The third kappa shape index (κ3) is 4.50. The number of nitrogens with one attached hydrogen (secondary N) is 1. The van der Waals surface area contributed by atoms with E-state index in [1.54, 1.807) is 0 Å². The third-order valence-electron chi connectivity index (χ3n) is 5.81. The van der Waals surface area contributed by atoms with E-state index in [1.165, 1.54) is 43.4 Å². The van der Waals surface area contributed by atoms with Crippen LogP contribution < -0.4 is 10.1 Å². The minimum Gasteiger partial charge on any atom is -0.494 e. The van der Waals surface area contributed by atoms with Crippen LogP contribution in [0.25, 0.3) is 21.2 Å². The topological polar surface area (TPSA) is 64.4 Å². The van der Waals surface area contributed by atoms with Gasteiger partial charge in [-0.25, -0.2) is 4.98 Å². The Hall–Kier alpha value is -2.51. The largest absolute Gasteiger partial charge is 0.494 e. The Labute approximate surface area is 195 Å². The molecule has 32 heavy (non-hydrogen) atoms. The van der Waals surface area contributed by atoms with E-state index in [0.29, 0.717) is 22.7 Å². The lowest BCUT2D eigenvalue weighted by molar-refractivity contribution is 0.0998. The van der Waals surface area contributed by atoms with Crippen LogP contribution in [0.15, 0.2) is 46.9 Å².